The number of hydrogen-bond donors (Lipinski definition) is 1. The van der Waals surface area contributed by atoms with Crippen LogP contribution in [0, 0.1) is 11.7 Å². The van der Waals surface area contributed by atoms with Crippen molar-refractivity contribution >= 4 is 22.9 Å². The van der Waals surface area contributed by atoms with Gasteiger partial charge in [0.25, 0.3) is 0 Å². The first-order valence-electron chi connectivity index (χ1n) is 6.28. The summed E-state index contributed by atoms with van der Waals surface area (Å²) in [6.45, 7) is 4.80. The minimum Gasteiger partial charge on any atom is -0.305 e. The van der Waals surface area contributed by atoms with Crippen LogP contribution in [-0.4, -0.2) is 0 Å². The van der Waals surface area contributed by atoms with E-state index < -0.39 is 0 Å². The highest BCUT2D eigenvalue weighted by molar-refractivity contribution is 7.10. The van der Waals surface area contributed by atoms with Crippen LogP contribution in [-0.2, 0) is 6.54 Å². The number of thiophene rings is 1. The zero-order valence-corrected chi connectivity index (χ0v) is 12.6. The van der Waals surface area contributed by atoms with Crippen LogP contribution >= 0.6 is 22.9 Å². The monoisotopic (exact) mass is 297 g/mol. The molecule has 1 atom stereocenters. The molecular weight excluding hydrogens is 281 g/mol. The summed E-state index contributed by atoms with van der Waals surface area (Å²) in [6, 6.07) is 9.04. The largest absolute Gasteiger partial charge is 0.305 e. The lowest BCUT2D eigenvalue weighted by Crippen LogP contribution is -2.25. The number of hydrogen-bond acceptors (Lipinski definition) is 2. The maximum absolute atomic E-state index is 13.7. The molecule has 0 aliphatic carbocycles. The fourth-order valence-electron chi connectivity index (χ4n) is 2.03. The van der Waals surface area contributed by atoms with Gasteiger partial charge in [-0.3, -0.25) is 0 Å². The standard InChI is InChI=1S/C15H17ClFNS/c1-10(2)15(14-4-3-7-19-14)18-9-11-8-12(16)5-6-13(11)17/h3-8,10,15,18H,9H2,1-2H3. The molecule has 0 saturated heterocycles. The molecule has 1 aromatic heterocycles. The Bertz CT molecular complexity index is 525. The highest BCUT2D eigenvalue weighted by Crippen LogP contribution is 2.26. The zero-order valence-electron chi connectivity index (χ0n) is 11.0. The molecule has 0 radical (unpaired) electrons. The van der Waals surface area contributed by atoms with E-state index in [1.165, 1.54) is 10.9 Å². The van der Waals surface area contributed by atoms with Crippen molar-refractivity contribution in [2.75, 3.05) is 0 Å². The lowest BCUT2D eigenvalue weighted by Gasteiger charge is -2.21. The van der Waals surface area contributed by atoms with Gasteiger partial charge in [0.05, 0.1) is 0 Å². The molecule has 0 spiro atoms. The van der Waals surface area contributed by atoms with Gasteiger partial charge in [0.1, 0.15) is 5.82 Å². The molecule has 1 nitrogen and oxygen atoms in total. The average molecular weight is 298 g/mol. The fourth-order valence-corrected chi connectivity index (χ4v) is 3.20. The summed E-state index contributed by atoms with van der Waals surface area (Å²) in [5.41, 5.74) is 0.606. The van der Waals surface area contributed by atoms with Crippen molar-refractivity contribution in [2.24, 2.45) is 5.92 Å². The molecule has 0 bridgehead atoms. The summed E-state index contributed by atoms with van der Waals surface area (Å²) in [7, 11) is 0. The second-order valence-corrected chi connectivity index (χ2v) is 6.27. The lowest BCUT2D eigenvalue weighted by atomic mass is 10.0. The second-order valence-electron chi connectivity index (χ2n) is 4.85. The van der Waals surface area contributed by atoms with Crippen LogP contribution in [0.4, 0.5) is 4.39 Å². The zero-order chi connectivity index (χ0) is 13.8. The molecular formula is C15H17ClFNS. The van der Waals surface area contributed by atoms with E-state index in [9.17, 15) is 4.39 Å². The first kappa shape index (κ1) is 14.5. The molecule has 2 aromatic rings. The Labute approximate surface area is 122 Å². The lowest BCUT2D eigenvalue weighted by molar-refractivity contribution is 0.412. The minimum atomic E-state index is -0.217. The first-order chi connectivity index (χ1) is 9.08. The third kappa shape index (κ3) is 3.78. The minimum absolute atomic E-state index is 0.217. The molecule has 0 amide bonds. The summed E-state index contributed by atoms with van der Waals surface area (Å²) < 4.78 is 13.7. The van der Waals surface area contributed by atoms with Crippen molar-refractivity contribution in [3.8, 4) is 0 Å². The Morgan fingerprint density at radius 3 is 2.74 bits per heavy atom. The highest BCUT2D eigenvalue weighted by atomic mass is 35.5. The van der Waals surface area contributed by atoms with Crippen molar-refractivity contribution in [1.29, 1.82) is 0 Å². The Morgan fingerprint density at radius 1 is 1.32 bits per heavy atom. The van der Waals surface area contributed by atoms with E-state index in [4.69, 9.17) is 11.6 Å². The Hall–Kier alpha value is -0.900. The number of benzene rings is 1. The van der Waals surface area contributed by atoms with E-state index >= 15 is 0 Å². The maximum Gasteiger partial charge on any atom is 0.127 e. The highest BCUT2D eigenvalue weighted by Gasteiger charge is 2.16. The van der Waals surface area contributed by atoms with E-state index in [1.54, 1.807) is 23.5 Å². The second kappa shape index (κ2) is 6.51. The van der Waals surface area contributed by atoms with Gasteiger partial charge < -0.3 is 5.32 Å². The summed E-state index contributed by atoms with van der Waals surface area (Å²) >= 11 is 7.62. The predicted octanol–water partition coefficient (Wildman–Crippen LogP) is 5.03. The Morgan fingerprint density at radius 2 is 2.11 bits per heavy atom. The first-order valence-corrected chi connectivity index (χ1v) is 7.54. The molecule has 19 heavy (non-hydrogen) atoms. The van der Waals surface area contributed by atoms with Gasteiger partial charge in [-0.05, 0) is 35.6 Å². The van der Waals surface area contributed by atoms with Crippen LogP contribution in [0.25, 0.3) is 0 Å². The van der Waals surface area contributed by atoms with Crippen LogP contribution in [0.2, 0.25) is 5.02 Å². The number of halogens is 2. The summed E-state index contributed by atoms with van der Waals surface area (Å²) in [5.74, 6) is 0.228. The third-order valence-electron chi connectivity index (χ3n) is 3.04. The number of nitrogens with one attached hydrogen (secondary N) is 1. The van der Waals surface area contributed by atoms with Crippen molar-refractivity contribution in [3.63, 3.8) is 0 Å². The Balaban J connectivity index is 2.09. The summed E-state index contributed by atoms with van der Waals surface area (Å²) in [4.78, 5) is 1.28. The molecule has 102 valence electrons. The van der Waals surface area contributed by atoms with E-state index in [-0.39, 0.29) is 11.9 Å². The van der Waals surface area contributed by atoms with Crippen LogP contribution < -0.4 is 5.32 Å². The molecule has 2 rings (SSSR count). The molecule has 1 aromatic carbocycles. The maximum atomic E-state index is 13.7. The van der Waals surface area contributed by atoms with Crippen LogP contribution in [0.5, 0.6) is 0 Å². The molecule has 0 saturated carbocycles. The van der Waals surface area contributed by atoms with E-state index in [1.807, 2.05) is 6.07 Å². The molecule has 0 fully saturated rings. The molecule has 4 heteroatoms. The van der Waals surface area contributed by atoms with Gasteiger partial charge in [-0.1, -0.05) is 31.5 Å². The number of rotatable bonds is 5. The predicted molar refractivity (Wildman–Crippen MR) is 80.1 cm³/mol. The average Bonchev–Trinajstić information content (AvgIpc) is 2.87. The summed E-state index contributed by atoms with van der Waals surface area (Å²) in [5, 5.41) is 6.04. The quantitative estimate of drug-likeness (QED) is 0.816. The third-order valence-corrected chi connectivity index (χ3v) is 4.23. The van der Waals surface area contributed by atoms with Crippen LogP contribution in [0.15, 0.2) is 35.7 Å². The Kier molecular flexibility index (Phi) is 4.97. The van der Waals surface area contributed by atoms with E-state index in [0.717, 1.165) is 0 Å². The molecule has 0 aliphatic heterocycles. The normalized spacial score (nSPS) is 12.9. The van der Waals surface area contributed by atoms with Gasteiger partial charge in [-0.25, -0.2) is 4.39 Å². The topological polar surface area (TPSA) is 12.0 Å². The summed E-state index contributed by atoms with van der Waals surface area (Å²) in [6.07, 6.45) is 0. The fraction of sp³-hybridized carbons (Fsp3) is 0.333. The molecule has 1 unspecified atom stereocenters. The molecule has 1 N–H and O–H groups in total. The van der Waals surface area contributed by atoms with Crippen molar-refractivity contribution < 1.29 is 4.39 Å². The van der Waals surface area contributed by atoms with Gasteiger partial charge in [0, 0.05) is 28.0 Å². The van der Waals surface area contributed by atoms with E-state index in [0.29, 0.717) is 23.0 Å². The van der Waals surface area contributed by atoms with Crippen molar-refractivity contribution in [3.05, 3.63) is 57.0 Å². The molecule has 1 heterocycles. The van der Waals surface area contributed by atoms with Crippen molar-refractivity contribution in [1.82, 2.24) is 5.32 Å². The van der Waals surface area contributed by atoms with Gasteiger partial charge in [-0.2, -0.15) is 0 Å². The van der Waals surface area contributed by atoms with Gasteiger partial charge in [0.2, 0.25) is 0 Å². The van der Waals surface area contributed by atoms with Crippen LogP contribution in [0.3, 0.4) is 0 Å². The van der Waals surface area contributed by atoms with Crippen molar-refractivity contribution in [2.45, 2.75) is 26.4 Å². The van der Waals surface area contributed by atoms with Gasteiger partial charge >= 0.3 is 0 Å². The SMILES string of the molecule is CC(C)C(NCc1cc(Cl)ccc1F)c1cccs1. The van der Waals surface area contributed by atoms with E-state index in [2.05, 4.69) is 30.6 Å². The van der Waals surface area contributed by atoms with Gasteiger partial charge in [-0.15, -0.1) is 11.3 Å². The van der Waals surface area contributed by atoms with Crippen LogP contribution in [0.1, 0.15) is 30.3 Å². The smallest absolute Gasteiger partial charge is 0.127 e. The molecule has 0 aliphatic rings. The van der Waals surface area contributed by atoms with Gasteiger partial charge in [0.15, 0.2) is 0 Å².